The number of fused-ring (bicyclic) bond motifs is 1. The summed E-state index contributed by atoms with van der Waals surface area (Å²) in [5, 5.41) is 5.36. The van der Waals surface area contributed by atoms with Crippen LogP contribution in [0.2, 0.25) is 0 Å². The van der Waals surface area contributed by atoms with Gasteiger partial charge in [0.1, 0.15) is 11.3 Å². The van der Waals surface area contributed by atoms with E-state index in [4.69, 9.17) is 4.98 Å². The number of rotatable bonds is 5. The second kappa shape index (κ2) is 8.81. The van der Waals surface area contributed by atoms with Crippen LogP contribution in [-0.2, 0) is 13.2 Å². The van der Waals surface area contributed by atoms with Crippen molar-refractivity contribution in [2.75, 3.05) is 5.32 Å². The molecule has 0 aliphatic rings. The minimum absolute atomic E-state index is 0.256. The van der Waals surface area contributed by atoms with Crippen molar-refractivity contribution < 1.29 is 13.2 Å². The predicted octanol–water partition coefficient (Wildman–Crippen LogP) is 7.64. The molecule has 0 bridgehead atoms. The second-order valence-corrected chi connectivity index (χ2v) is 9.47. The molecule has 5 aromatic rings. The fraction of sp³-hybridized carbons (Fsp3) is 0.192. The number of aryl methyl sites for hydroxylation is 1. The van der Waals surface area contributed by atoms with Crippen LogP contribution in [0.4, 0.5) is 24.5 Å². The van der Waals surface area contributed by atoms with Gasteiger partial charge in [-0.3, -0.25) is 0 Å². The SMILES string of the molecule is CC(C)c1ccccc1-c1ncc2scc(Nc3ccc(-c4nc(C(F)(F)F)cn4C)cc3)c2n1. The Labute approximate surface area is 204 Å². The molecule has 0 radical (unpaired) electrons. The second-order valence-electron chi connectivity index (χ2n) is 8.56. The minimum Gasteiger partial charge on any atom is -0.353 e. The van der Waals surface area contributed by atoms with Crippen LogP contribution in [0.3, 0.4) is 0 Å². The summed E-state index contributed by atoms with van der Waals surface area (Å²) in [6, 6.07) is 15.3. The number of nitrogens with one attached hydrogen (secondary N) is 1. The molecule has 0 atom stereocenters. The number of imidazole rings is 1. The maximum Gasteiger partial charge on any atom is 0.434 e. The number of hydrogen-bond acceptors (Lipinski definition) is 5. The lowest BCUT2D eigenvalue weighted by atomic mass is 9.97. The molecule has 0 saturated carbocycles. The van der Waals surface area contributed by atoms with E-state index in [1.165, 1.54) is 10.1 Å². The summed E-state index contributed by atoms with van der Waals surface area (Å²) in [6.45, 7) is 4.29. The molecule has 3 aromatic heterocycles. The first-order valence-electron chi connectivity index (χ1n) is 11.0. The van der Waals surface area contributed by atoms with E-state index in [-0.39, 0.29) is 5.82 Å². The third-order valence-electron chi connectivity index (χ3n) is 5.73. The number of aromatic nitrogens is 4. The smallest absolute Gasteiger partial charge is 0.353 e. The molecule has 0 aliphatic heterocycles. The van der Waals surface area contributed by atoms with Gasteiger partial charge in [0.05, 0.1) is 10.4 Å². The van der Waals surface area contributed by atoms with Crippen LogP contribution in [0.5, 0.6) is 0 Å². The van der Waals surface area contributed by atoms with E-state index in [9.17, 15) is 13.2 Å². The average Bonchev–Trinajstić information content (AvgIpc) is 3.43. The molecule has 9 heteroatoms. The van der Waals surface area contributed by atoms with Crippen LogP contribution in [-0.4, -0.2) is 19.5 Å². The number of thiophene rings is 1. The average molecular weight is 494 g/mol. The van der Waals surface area contributed by atoms with Gasteiger partial charge in [-0.05, 0) is 35.7 Å². The van der Waals surface area contributed by atoms with Crippen LogP contribution >= 0.6 is 11.3 Å². The zero-order valence-corrected chi connectivity index (χ0v) is 20.1. The van der Waals surface area contributed by atoms with Crippen molar-refractivity contribution in [2.45, 2.75) is 25.9 Å². The van der Waals surface area contributed by atoms with Gasteiger partial charge in [-0.1, -0.05) is 38.1 Å². The molecule has 0 fully saturated rings. The molecular formula is C26H22F3N5S. The quantitative estimate of drug-likeness (QED) is 0.273. The lowest BCUT2D eigenvalue weighted by Crippen LogP contribution is -2.04. The van der Waals surface area contributed by atoms with Crippen molar-refractivity contribution in [1.82, 2.24) is 19.5 Å². The normalized spacial score (nSPS) is 12.0. The Bertz CT molecular complexity index is 1500. The van der Waals surface area contributed by atoms with E-state index in [1.54, 1.807) is 30.5 Å². The molecule has 5 nitrogen and oxygen atoms in total. The van der Waals surface area contributed by atoms with E-state index < -0.39 is 11.9 Å². The molecule has 178 valence electrons. The van der Waals surface area contributed by atoms with Gasteiger partial charge in [-0.2, -0.15) is 13.2 Å². The number of halogens is 3. The van der Waals surface area contributed by atoms with Crippen LogP contribution in [0, 0.1) is 0 Å². The molecule has 0 unspecified atom stereocenters. The first-order valence-corrected chi connectivity index (χ1v) is 11.9. The summed E-state index contributed by atoms with van der Waals surface area (Å²) in [7, 11) is 1.55. The highest BCUT2D eigenvalue weighted by atomic mass is 32.1. The van der Waals surface area contributed by atoms with Crippen molar-refractivity contribution >= 4 is 32.9 Å². The molecule has 0 aliphatic carbocycles. The summed E-state index contributed by atoms with van der Waals surface area (Å²) in [5.41, 5.74) is 4.35. The molecular weight excluding hydrogens is 471 g/mol. The summed E-state index contributed by atoms with van der Waals surface area (Å²) >= 11 is 1.55. The number of benzene rings is 2. The predicted molar refractivity (Wildman–Crippen MR) is 134 cm³/mol. The van der Waals surface area contributed by atoms with E-state index in [2.05, 4.69) is 35.2 Å². The van der Waals surface area contributed by atoms with Gasteiger partial charge in [0.25, 0.3) is 0 Å². The van der Waals surface area contributed by atoms with E-state index in [1.807, 2.05) is 41.9 Å². The van der Waals surface area contributed by atoms with Gasteiger partial charge in [0.15, 0.2) is 11.5 Å². The van der Waals surface area contributed by atoms with E-state index in [0.717, 1.165) is 33.4 Å². The fourth-order valence-electron chi connectivity index (χ4n) is 3.98. The van der Waals surface area contributed by atoms with E-state index in [0.29, 0.717) is 17.3 Å². The molecule has 1 N–H and O–H groups in total. The molecule has 3 heterocycles. The highest BCUT2D eigenvalue weighted by Crippen LogP contribution is 2.35. The molecule has 2 aromatic carbocycles. The summed E-state index contributed by atoms with van der Waals surface area (Å²) in [4.78, 5) is 13.2. The van der Waals surface area contributed by atoms with Crippen LogP contribution in [0.25, 0.3) is 33.0 Å². The lowest BCUT2D eigenvalue weighted by molar-refractivity contribution is -0.140. The summed E-state index contributed by atoms with van der Waals surface area (Å²) in [5.74, 6) is 1.27. The molecule has 0 saturated heterocycles. The topological polar surface area (TPSA) is 55.6 Å². The summed E-state index contributed by atoms with van der Waals surface area (Å²) in [6.07, 6.45) is -1.64. The standard InChI is InChI=1S/C26H22F3N5S/c1-15(2)18-6-4-5-7-19(18)24-30-12-21-23(33-24)20(14-35-21)31-17-10-8-16(9-11-17)25-32-22(13-34(25)3)26(27,28)29/h4-15,31H,1-3H3. The van der Waals surface area contributed by atoms with Gasteiger partial charge >= 0.3 is 6.18 Å². The number of anilines is 2. The maximum absolute atomic E-state index is 13.0. The van der Waals surface area contributed by atoms with Gasteiger partial charge in [0, 0.05) is 41.6 Å². The monoisotopic (exact) mass is 493 g/mol. The molecule has 35 heavy (non-hydrogen) atoms. The van der Waals surface area contributed by atoms with Gasteiger partial charge in [-0.25, -0.2) is 15.0 Å². The largest absolute Gasteiger partial charge is 0.434 e. The van der Waals surface area contributed by atoms with Crippen LogP contribution in [0.15, 0.2) is 66.3 Å². The third-order valence-corrected chi connectivity index (χ3v) is 6.63. The Morgan fingerprint density at radius 3 is 2.43 bits per heavy atom. The Morgan fingerprint density at radius 1 is 1.00 bits per heavy atom. The van der Waals surface area contributed by atoms with Crippen molar-refractivity contribution in [3.8, 4) is 22.8 Å². The molecule has 0 spiro atoms. The minimum atomic E-state index is -4.48. The van der Waals surface area contributed by atoms with Crippen molar-refractivity contribution in [1.29, 1.82) is 0 Å². The number of nitrogens with zero attached hydrogens (tertiary/aromatic N) is 4. The Morgan fingerprint density at radius 2 is 1.74 bits per heavy atom. The zero-order chi connectivity index (χ0) is 24.7. The van der Waals surface area contributed by atoms with Gasteiger partial charge in [0.2, 0.25) is 0 Å². The first-order chi connectivity index (χ1) is 16.7. The highest BCUT2D eigenvalue weighted by molar-refractivity contribution is 7.17. The van der Waals surface area contributed by atoms with Crippen molar-refractivity contribution in [3.05, 3.63) is 77.6 Å². The summed E-state index contributed by atoms with van der Waals surface area (Å²) < 4.78 is 41.4. The Hall–Kier alpha value is -3.72. The zero-order valence-electron chi connectivity index (χ0n) is 19.3. The van der Waals surface area contributed by atoms with Gasteiger partial charge in [-0.15, -0.1) is 11.3 Å². The third kappa shape index (κ3) is 4.51. The Balaban J connectivity index is 1.44. The Kier molecular flexibility index (Phi) is 5.80. The van der Waals surface area contributed by atoms with Crippen LogP contribution < -0.4 is 5.32 Å². The van der Waals surface area contributed by atoms with E-state index >= 15 is 0 Å². The maximum atomic E-state index is 13.0. The van der Waals surface area contributed by atoms with Crippen LogP contribution in [0.1, 0.15) is 31.0 Å². The van der Waals surface area contributed by atoms with Gasteiger partial charge < -0.3 is 9.88 Å². The fourth-order valence-corrected chi connectivity index (χ4v) is 4.78. The number of alkyl halides is 3. The van der Waals surface area contributed by atoms with Crippen molar-refractivity contribution in [2.24, 2.45) is 7.05 Å². The number of hydrogen-bond donors (Lipinski definition) is 1. The first kappa shape index (κ1) is 23.0. The molecule has 5 rings (SSSR count). The molecule has 0 amide bonds. The lowest BCUT2D eigenvalue weighted by Gasteiger charge is -2.12. The van der Waals surface area contributed by atoms with Crippen molar-refractivity contribution in [3.63, 3.8) is 0 Å². The highest BCUT2D eigenvalue weighted by Gasteiger charge is 2.34.